The summed E-state index contributed by atoms with van der Waals surface area (Å²) in [5.74, 6) is 1.89. The Hall–Kier alpha value is -3.35. The van der Waals surface area contributed by atoms with Crippen LogP contribution in [0.5, 0.6) is 11.5 Å². The van der Waals surface area contributed by atoms with E-state index in [1.165, 1.54) is 0 Å². The van der Waals surface area contributed by atoms with Crippen LogP contribution in [0.2, 0.25) is 0 Å². The van der Waals surface area contributed by atoms with Crippen LogP contribution >= 0.6 is 0 Å². The molecule has 0 spiro atoms. The van der Waals surface area contributed by atoms with E-state index in [0.29, 0.717) is 17.5 Å². The molecule has 26 heavy (non-hydrogen) atoms. The minimum atomic E-state index is -0.269. The number of amides is 1. The van der Waals surface area contributed by atoms with Crippen molar-refractivity contribution >= 4 is 5.91 Å². The molecule has 0 radical (unpaired) electrons. The fourth-order valence-electron chi connectivity index (χ4n) is 2.19. The summed E-state index contributed by atoms with van der Waals surface area (Å²) >= 11 is 0. The minimum absolute atomic E-state index is 0.0808. The van der Waals surface area contributed by atoms with Crippen LogP contribution in [0.4, 0.5) is 0 Å². The van der Waals surface area contributed by atoms with Gasteiger partial charge in [0, 0.05) is 5.56 Å². The highest BCUT2D eigenvalue weighted by Crippen LogP contribution is 2.19. The predicted octanol–water partition coefficient (Wildman–Crippen LogP) is 2.75. The summed E-state index contributed by atoms with van der Waals surface area (Å²) in [4.78, 5) is 16.1. The molecule has 7 heteroatoms. The molecule has 3 rings (SSSR count). The number of hydrogen-bond acceptors (Lipinski definition) is 6. The number of rotatable bonds is 7. The Morgan fingerprint density at radius 3 is 2.46 bits per heavy atom. The molecule has 2 aromatic carbocycles. The maximum absolute atomic E-state index is 11.9. The number of ether oxygens (including phenoxy) is 2. The van der Waals surface area contributed by atoms with Crippen LogP contribution in [0.3, 0.4) is 0 Å². The van der Waals surface area contributed by atoms with Gasteiger partial charge in [-0.2, -0.15) is 4.98 Å². The quantitative estimate of drug-likeness (QED) is 0.703. The summed E-state index contributed by atoms with van der Waals surface area (Å²) in [6, 6.07) is 14.8. The van der Waals surface area contributed by atoms with E-state index < -0.39 is 0 Å². The molecular formula is C19H19N3O4. The average Bonchev–Trinajstić information content (AvgIpc) is 3.15. The number of nitrogens with one attached hydrogen (secondary N) is 1. The summed E-state index contributed by atoms with van der Waals surface area (Å²) in [6.45, 7) is 2.04. The first-order chi connectivity index (χ1) is 12.6. The lowest BCUT2D eigenvalue weighted by molar-refractivity contribution is -0.123. The van der Waals surface area contributed by atoms with Gasteiger partial charge in [-0.15, -0.1) is 0 Å². The highest BCUT2D eigenvalue weighted by atomic mass is 16.5. The molecule has 134 valence electrons. The van der Waals surface area contributed by atoms with Crippen molar-refractivity contribution in [1.82, 2.24) is 15.5 Å². The third kappa shape index (κ3) is 4.60. The van der Waals surface area contributed by atoms with Crippen molar-refractivity contribution < 1.29 is 18.8 Å². The number of benzene rings is 2. The fraction of sp³-hybridized carbons (Fsp3) is 0.211. The third-order valence-electron chi connectivity index (χ3n) is 3.64. The van der Waals surface area contributed by atoms with Gasteiger partial charge in [-0.1, -0.05) is 22.9 Å². The molecule has 1 heterocycles. The number of methoxy groups -OCH3 is 1. The smallest absolute Gasteiger partial charge is 0.258 e. The van der Waals surface area contributed by atoms with Gasteiger partial charge >= 0.3 is 0 Å². The Balaban J connectivity index is 1.49. The second-order valence-electron chi connectivity index (χ2n) is 5.62. The second kappa shape index (κ2) is 8.15. The Morgan fingerprint density at radius 1 is 1.08 bits per heavy atom. The molecule has 7 nitrogen and oxygen atoms in total. The van der Waals surface area contributed by atoms with E-state index in [4.69, 9.17) is 14.0 Å². The normalized spacial score (nSPS) is 10.4. The zero-order valence-electron chi connectivity index (χ0n) is 14.6. The molecule has 0 unspecified atom stereocenters. The van der Waals surface area contributed by atoms with Gasteiger partial charge in [0.25, 0.3) is 5.91 Å². The van der Waals surface area contributed by atoms with Crippen LogP contribution in [0.15, 0.2) is 53.1 Å². The lowest BCUT2D eigenvalue weighted by atomic mass is 10.2. The Bertz CT molecular complexity index is 857. The van der Waals surface area contributed by atoms with Crippen LogP contribution in [0.1, 0.15) is 11.5 Å². The van der Waals surface area contributed by atoms with Crippen molar-refractivity contribution in [2.24, 2.45) is 0 Å². The summed E-state index contributed by atoms with van der Waals surface area (Å²) in [6.07, 6.45) is 0. The largest absolute Gasteiger partial charge is 0.497 e. The first-order valence-corrected chi connectivity index (χ1v) is 8.07. The lowest BCUT2D eigenvalue weighted by Gasteiger charge is -2.06. The van der Waals surface area contributed by atoms with Crippen molar-refractivity contribution in [3.63, 3.8) is 0 Å². The molecule has 0 saturated heterocycles. The van der Waals surface area contributed by atoms with Gasteiger partial charge in [0.15, 0.2) is 6.61 Å². The molecule has 0 fully saturated rings. The molecule has 0 aliphatic heterocycles. The van der Waals surface area contributed by atoms with E-state index in [0.717, 1.165) is 16.9 Å². The number of nitrogens with zero attached hydrogens (tertiary/aromatic N) is 2. The van der Waals surface area contributed by atoms with Gasteiger partial charge in [0.1, 0.15) is 11.5 Å². The SMILES string of the molecule is COc1ccc(-c2noc(CNC(=O)COc3ccc(C)cc3)n2)cc1. The Morgan fingerprint density at radius 2 is 1.77 bits per heavy atom. The maximum Gasteiger partial charge on any atom is 0.258 e. The standard InChI is InChI=1S/C19H19N3O4/c1-13-3-7-16(8-4-13)25-12-17(23)20-11-18-21-19(22-26-18)14-5-9-15(24-2)10-6-14/h3-10H,11-12H2,1-2H3,(H,20,23). The monoisotopic (exact) mass is 353 g/mol. The Labute approximate surface area is 150 Å². The Kier molecular flexibility index (Phi) is 5.48. The topological polar surface area (TPSA) is 86.5 Å². The van der Waals surface area contributed by atoms with E-state index >= 15 is 0 Å². The predicted molar refractivity (Wildman–Crippen MR) is 94.8 cm³/mol. The van der Waals surface area contributed by atoms with E-state index in [1.807, 2.05) is 55.5 Å². The lowest BCUT2D eigenvalue weighted by Crippen LogP contribution is -2.28. The number of aryl methyl sites for hydroxylation is 1. The van der Waals surface area contributed by atoms with Crippen molar-refractivity contribution in [2.45, 2.75) is 13.5 Å². The number of hydrogen-bond donors (Lipinski definition) is 1. The van der Waals surface area contributed by atoms with Crippen LogP contribution < -0.4 is 14.8 Å². The third-order valence-corrected chi connectivity index (χ3v) is 3.64. The minimum Gasteiger partial charge on any atom is -0.497 e. The summed E-state index contributed by atoms with van der Waals surface area (Å²) in [5, 5.41) is 6.60. The maximum atomic E-state index is 11.9. The zero-order valence-corrected chi connectivity index (χ0v) is 14.6. The van der Waals surface area contributed by atoms with Gasteiger partial charge in [0.2, 0.25) is 11.7 Å². The first kappa shape index (κ1) is 17.5. The molecule has 1 aromatic heterocycles. The van der Waals surface area contributed by atoms with E-state index in [2.05, 4.69) is 15.5 Å². The fourth-order valence-corrected chi connectivity index (χ4v) is 2.19. The van der Waals surface area contributed by atoms with E-state index in [-0.39, 0.29) is 19.1 Å². The van der Waals surface area contributed by atoms with Crippen LogP contribution in [-0.2, 0) is 11.3 Å². The summed E-state index contributed by atoms with van der Waals surface area (Å²) in [5.41, 5.74) is 1.93. The molecule has 0 aliphatic carbocycles. The number of aromatic nitrogens is 2. The molecule has 1 amide bonds. The molecule has 0 bridgehead atoms. The van der Waals surface area contributed by atoms with E-state index in [1.54, 1.807) is 7.11 Å². The summed E-state index contributed by atoms with van der Waals surface area (Å²) in [7, 11) is 1.60. The van der Waals surface area contributed by atoms with Crippen molar-refractivity contribution in [2.75, 3.05) is 13.7 Å². The molecule has 1 N–H and O–H groups in total. The second-order valence-corrected chi connectivity index (χ2v) is 5.62. The van der Waals surface area contributed by atoms with Crippen molar-refractivity contribution in [3.05, 3.63) is 60.0 Å². The van der Waals surface area contributed by atoms with Crippen molar-refractivity contribution in [1.29, 1.82) is 0 Å². The van der Waals surface area contributed by atoms with E-state index in [9.17, 15) is 4.79 Å². The van der Waals surface area contributed by atoms with Crippen LogP contribution in [0, 0.1) is 6.92 Å². The highest BCUT2D eigenvalue weighted by Gasteiger charge is 2.10. The van der Waals surface area contributed by atoms with Gasteiger partial charge in [0.05, 0.1) is 13.7 Å². The molecule has 0 saturated carbocycles. The van der Waals surface area contributed by atoms with Crippen molar-refractivity contribution in [3.8, 4) is 22.9 Å². The van der Waals surface area contributed by atoms with Gasteiger partial charge < -0.3 is 19.3 Å². The molecule has 0 atom stereocenters. The van der Waals surface area contributed by atoms with Gasteiger partial charge in [-0.05, 0) is 43.3 Å². The number of carbonyl (C=O) groups excluding carboxylic acids is 1. The van der Waals surface area contributed by atoms with Gasteiger partial charge in [-0.3, -0.25) is 4.79 Å². The molecule has 3 aromatic rings. The summed E-state index contributed by atoms with van der Waals surface area (Å²) < 4.78 is 15.7. The zero-order chi connectivity index (χ0) is 18.4. The molecule has 0 aliphatic rings. The number of carbonyl (C=O) groups is 1. The molecular weight excluding hydrogens is 334 g/mol. The average molecular weight is 353 g/mol. The van der Waals surface area contributed by atoms with Crippen LogP contribution in [0.25, 0.3) is 11.4 Å². The van der Waals surface area contributed by atoms with Gasteiger partial charge in [-0.25, -0.2) is 0 Å². The highest BCUT2D eigenvalue weighted by molar-refractivity contribution is 5.77. The first-order valence-electron chi connectivity index (χ1n) is 8.07. The van der Waals surface area contributed by atoms with Crippen LogP contribution in [-0.4, -0.2) is 29.8 Å².